The molecule has 1 aromatic carbocycles. The summed E-state index contributed by atoms with van der Waals surface area (Å²) in [7, 11) is 0. The first-order chi connectivity index (χ1) is 6.27. The Morgan fingerprint density at radius 1 is 1.23 bits per heavy atom. The molecule has 0 N–H and O–H groups in total. The normalized spacial score (nSPS) is 10.3. The molecule has 0 saturated heterocycles. The quantitative estimate of drug-likeness (QED) is 0.767. The molecule has 0 atom stereocenters. The van der Waals surface area contributed by atoms with Gasteiger partial charge in [-0.1, -0.05) is 0 Å². The summed E-state index contributed by atoms with van der Waals surface area (Å²) >= 11 is 3.08. The lowest BCUT2D eigenvalue weighted by Crippen LogP contribution is -1.91. The lowest BCUT2D eigenvalue weighted by Gasteiger charge is -2.01. The van der Waals surface area contributed by atoms with Crippen molar-refractivity contribution < 1.29 is 4.39 Å². The van der Waals surface area contributed by atoms with Gasteiger partial charge in [0.15, 0.2) is 0 Å². The van der Waals surface area contributed by atoms with Gasteiger partial charge in [0.25, 0.3) is 0 Å². The van der Waals surface area contributed by atoms with Gasteiger partial charge in [-0.05, 0) is 34.1 Å². The van der Waals surface area contributed by atoms with Crippen LogP contribution < -0.4 is 0 Å². The van der Waals surface area contributed by atoms with Crippen LogP contribution in [0.1, 0.15) is 0 Å². The van der Waals surface area contributed by atoms with Crippen LogP contribution in [-0.4, -0.2) is 14.8 Å². The maximum atomic E-state index is 13.1. The van der Waals surface area contributed by atoms with E-state index in [-0.39, 0.29) is 5.82 Å². The summed E-state index contributed by atoms with van der Waals surface area (Å²) in [4.78, 5) is 0. The maximum absolute atomic E-state index is 13.1. The van der Waals surface area contributed by atoms with Crippen LogP contribution in [0.25, 0.3) is 5.69 Å². The topological polar surface area (TPSA) is 30.7 Å². The highest BCUT2D eigenvalue weighted by Gasteiger charge is 2.01. The number of halogens is 2. The molecular weight excluding hydrogens is 237 g/mol. The lowest BCUT2D eigenvalue weighted by molar-refractivity contribution is 0.620. The summed E-state index contributed by atoms with van der Waals surface area (Å²) in [6.07, 6.45) is 3.03. The van der Waals surface area contributed by atoms with E-state index in [1.165, 1.54) is 18.7 Å². The van der Waals surface area contributed by atoms with Crippen molar-refractivity contribution in [1.82, 2.24) is 14.8 Å². The van der Waals surface area contributed by atoms with Crippen LogP contribution in [0.2, 0.25) is 0 Å². The molecule has 0 radical (unpaired) electrons. The SMILES string of the molecule is Fc1cc(-n2cnnc2)ccc1Br. The Bertz CT molecular complexity index is 413. The van der Waals surface area contributed by atoms with Crippen molar-refractivity contribution in [3.05, 3.63) is 41.1 Å². The second-order valence-electron chi connectivity index (χ2n) is 2.47. The van der Waals surface area contributed by atoms with Gasteiger partial charge in [0.2, 0.25) is 0 Å². The minimum atomic E-state index is -0.300. The Morgan fingerprint density at radius 3 is 2.54 bits per heavy atom. The first-order valence-electron chi connectivity index (χ1n) is 3.57. The predicted octanol–water partition coefficient (Wildman–Crippen LogP) is 2.17. The van der Waals surface area contributed by atoms with E-state index in [1.807, 2.05) is 0 Å². The van der Waals surface area contributed by atoms with Crippen LogP contribution in [0.5, 0.6) is 0 Å². The van der Waals surface area contributed by atoms with Crippen molar-refractivity contribution in [2.75, 3.05) is 0 Å². The Morgan fingerprint density at radius 2 is 1.92 bits per heavy atom. The van der Waals surface area contributed by atoms with Crippen molar-refractivity contribution in [2.45, 2.75) is 0 Å². The van der Waals surface area contributed by atoms with Crippen LogP contribution in [0.3, 0.4) is 0 Å². The molecule has 1 heterocycles. The van der Waals surface area contributed by atoms with E-state index < -0.39 is 0 Å². The van der Waals surface area contributed by atoms with Gasteiger partial charge in [-0.3, -0.25) is 4.57 Å². The molecule has 3 nitrogen and oxygen atoms in total. The molecule has 2 rings (SSSR count). The molecule has 0 fully saturated rings. The highest BCUT2D eigenvalue weighted by Crippen LogP contribution is 2.18. The van der Waals surface area contributed by atoms with Crippen molar-refractivity contribution in [2.24, 2.45) is 0 Å². The van der Waals surface area contributed by atoms with Gasteiger partial charge in [0, 0.05) is 0 Å². The van der Waals surface area contributed by atoms with Crippen LogP contribution in [0.15, 0.2) is 35.3 Å². The Hall–Kier alpha value is -1.23. The second-order valence-corrected chi connectivity index (χ2v) is 3.32. The average molecular weight is 242 g/mol. The van der Waals surface area contributed by atoms with Gasteiger partial charge in [-0.2, -0.15) is 0 Å². The van der Waals surface area contributed by atoms with Crippen LogP contribution in [-0.2, 0) is 0 Å². The highest BCUT2D eigenvalue weighted by atomic mass is 79.9. The van der Waals surface area contributed by atoms with Gasteiger partial charge < -0.3 is 0 Å². The van der Waals surface area contributed by atoms with Crippen molar-refractivity contribution in [1.29, 1.82) is 0 Å². The Kier molecular flexibility index (Phi) is 2.10. The summed E-state index contributed by atoms with van der Waals surface area (Å²) in [5.41, 5.74) is 0.700. The van der Waals surface area contributed by atoms with Crippen LogP contribution >= 0.6 is 15.9 Å². The monoisotopic (exact) mass is 241 g/mol. The molecule has 0 aliphatic carbocycles. The number of nitrogens with zero attached hydrogens (tertiary/aromatic N) is 3. The van der Waals surface area contributed by atoms with Gasteiger partial charge >= 0.3 is 0 Å². The van der Waals surface area contributed by atoms with E-state index in [0.717, 1.165) is 0 Å². The fourth-order valence-electron chi connectivity index (χ4n) is 0.980. The van der Waals surface area contributed by atoms with Crippen molar-refractivity contribution in [3.63, 3.8) is 0 Å². The average Bonchev–Trinajstić information content (AvgIpc) is 2.62. The molecule has 1 aromatic heterocycles. The van der Waals surface area contributed by atoms with Gasteiger partial charge in [0.05, 0.1) is 10.2 Å². The smallest absolute Gasteiger partial charge is 0.139 e. The zero-order valence-electron chi connectivity index (χ0n) is 6.48. The molecule has 0 saturated carbocycles. The zero-order chi connectivity index (χ0) is 9.26. The summed E-state index contributed by atoms with van der Waals surface area (Å²) in [5, 5.41) is 7.26. The standard InChI is InChI=1S/C8H5BrFN3/c9-7-2-1-6(3-8(7)10)13-4-11-12-5-13/h1-5H. The third kappa shape index (κ3) is 1.60. The molecule has 0 unspecified atom stereocenters. The summed E-state index contributed by atoms with van der Waals surface area (Å²) < 4.78 is 15.2. The number of rotatable bonds is 1. The molecule has 0 amide bonds. The van der Waals surface area contributed by atoms with E-state index in [4.69, 9.17) is 0 Å². The predicted molar refractivity (Wildman–Crippen MR) is 49.0 cm³/mol. The van der Waals surface area contributed by atoms with E-state index in [9.17, 15) is 4.39 Å². The van der Waals surface area contributed by atoms with Crippen LogP contribution in [0, 0.1) is 5.82 Å². The van der Waals surface area contributed by atoms with E-state index >= 15 is 0 Å². The fourth-order valence-corrected chi connectivity index (χ4v) is 1.23. The van der Waals surface area contributed by atoms with Gasteiger partial charge in [-0.15, -0.1) is 10.2 Å². The fraction of sp³-hybridized carbons (Fsp3) is 0. The molecule has 0 aliphatic rings. The molecule has 5 heteroatoms. The third-order valence-electron chi connectivity index (χ3n) is 1.62. The largest absolute Gasteiger partial charge is 0.288 e. The molecule has 0 spiro atoms. The summed E-state index contributed by atoms with van der Waals surface area (Å²) in [6, 6.07) is 4.83. The van der Waals surface area contributed by atoms with E-state index in [2.05, 4.69) is 26.1 Å². The molecule has 0 bridgehead atoms. The first kappa shape index (κ1) is 8.37. The third-order valence-corrected chi connectivity index (χ3v) is 2.26. The zero-order valence-corrected chi connectivity index (χ0v) is 8.07. The Balaban J connectivity index is 2.49. The van der Waals surface area contributed by atoms with E-state index in [1.54, 1.807) is 16.7 Å². The molecule has 66 valence electrons. The highest BCUT2D eigenvalue weighted by molar-refractivity contribution is 9.10. The minimum absolute atomic E-state index is 0.300. The molecule has 0 aliphatic heterocycles. The second kappa shape index (κ2) is 3.26. The number of aromatic nitrogens is 3. The molecule has 2 aromatic rings. The first-order valence-corrected chi connectivity index (χ1v) is 4.37. The molecular formula is C8H5BrFN3. The number of benzene rings is 1. The summed E-state index contributed by atoms with van der Waals surface area (Å²) in [6.45, 7) is 0. The van der Waals surface area contributed by atoms with Crippen LogP contribution in [0.4, 0.5) is 4.39 Å². The minimum Gasteiger partial charge on any atom is -0.288 e. The number of hydrogen-bond acceptors (Lipinski definition) is 2. The maximum Gasteiger partial charge on any atom is 0.139 e. The van der Waals surface area contributed by atoms with Crippen molar-refractivity contribution in [3.8, 4) is 5.69 Å². The summed E-state index contributed by atoms with van der Waals surface area (Å²) in [5.74, 6) is -0.300. The van der Waals surface area contributed by atoms with Gasteiger partial charge in [-0.25, -0.2) is 4.39 Å². The number of hydrogen-bond donors (Lipinski definition) is 0. The van der Waals surface area contributed by atoms with E-state index in [0.29, 0.717) is 10.2 Å². The Labute approximate surface area is 82.3 Å². The van der Waals surface area contributed by atoms with Crippen molar-refractivity contribution >= 4 is 15.9 Å². The van der Waals surface area contributed by atoms with Gasteiger partial charge in [0.1, 0.15) is 18.5 Å². The molecule has 13 heavy (non-hydrogen) atoms. The lowest BCUT2D eigenvalue weighted by atomic mass is 10.3.